The summed E-state index contributed by atoms with van der Waals surface area (Å²) in [7, 11) is -3.53. The first kappa shape index (κ1) is 20.3. The molecule has 1 saturated heterocycles. The van der Waals surface area contributed by atoms with Gasteiger partial charge in [-0.2, -0.15) is 0 Å². The largest absolute Gasteiger partial charge is 0.350 e. The Labute approximate surface area is 162 Å². The number of sulfonamides is 1. The number of carbonyl (C=O) groups excluding carboxylic acids is 1. The number of hydrogen-bond donors (Lipinski definition) is 2. The molecule has 0 radical (unpaired) electrons. The summed E-state index contributed by atoms with van der Waals surface area (Å²) in [6, 6.07) is 5.19. The molecular formula is C20H31N3O3S. The molecule has 0 aromatic heterocycles. The second-order valence-electron chi connectivity index (χ2n) is 7.66. The van der Waals surface area contributed by atoms with Crippen molar-refractivity contribution in [2.45, 2.75) is 62.8 Å². The summed E-state index contributed by atoms with van der Waals surface area (Å²) in [4.78, 5) is 14.1. The smallest absolute Gasteiger partial charge is 0.240 e. The molecular weight excluding hydrogens is 362 g/mol. The lowest BCUT2D eigenvalue weighted by Crippen LogP contribution is -2.31. The molecule has 3 rings (SSSR count). The minimum atomic E-state index is -3.53. The van der Waals surface area contributed by atoms with Crippen LogP contribution in [0.25, 0.3) is 0 Å². The van der Waals surface area contributed by atoms with Crippen LogP contribution in [-0.2, 0) is 21.2 Å². The van der Waals surface area contributed by atoms with Crippen molar-refractivity contribution in [2.75, 3.05) is 26.2 Å². The molecule has 27 heavy (non-hydrogen) atoms. The number of aryl methyl sites for hydroxylation is 1. The van der Waals surface area contributed by atoms with E-state index in [1.54, 1.807) is 12.1 Å². The standard InChI is InChI=1S/C20H31N3O3S/c1-16(24)22-20-10-8-17-7-9-18(15-19(17)20)27(25,26)21-11-6-14-23-12-4-2-3-5-13-23/h7,9,15,20-21H,2-6,8,10-14H2,1H3,(H,22,24)/t20-/m0/s1. The van der Waals surface area contributed by atoms with E-state index in [9.17, 15) is 13.2 Å². The zero-order valence-corrected chi connectivity index (χ0v) is 17.0. The van der Waals surface area contributed by atoms with Gasteiger partial charge in [0.2, 0.25) is 15.9 Å². The Kier molecular flexibility index (Phi) is 6.89. The van der Waals surface area contributed by atoms with Gasteiger partial charge in [-0.3, -0.25) is 4.79 Å². The van der Waals surface area contributed by atoms with Gasteiger partial charge in [0.15, 0.2) is 0 Å². The quantitative estimate of drug-likeness (QED) is 0.697. The third kappa shape index (κ3) is 5.53. The normalized spacial score (nSPS) is 20.9. The molecule has 0 unspecified atom stereocenters. The molecule has 2 aliphatic rings. The Hall–Kier alpha value is -1.44. The van der Waals surface area contributed by atoms with Crippen LogP contribution >= 0.6 is 0 Å². The van der Waals surface area contributed by atoms with E-state index in [-0.39, 0.29) is 16.8 Å². The number of nitrogens with one attached hydrogen (secondary N) is 2. The first-order chi connectivity index (χ1) is 13.0. The molecule has 1 aromatic rings. The van der Waals surface area contributed by atoms with E-state index in [1.807, 2.05) is 6.07 Å². The van der Waals surface area contributed by atoms with Crippen molar-refractivity contribution in [3.05, 3.63) is 29.3 Å². The molecule has 2 N–H and O–H groups in total. The molecule has 0 bridgehead atoms. The molecule has 0 saturated carbocycles. The summed E-state index contributed by atoms with van der Waals surface area (Å²) in [6.45, 7) is 5.14. The molecule has 0 spiro atoms. The molecule has 6 nitrogen and oxygen atoms in total. The Balaban J connectivity index is 1.56. The van der Waals surface area contributed by atoms with Crippen LogP contribution in [0.5, 0.6) is 0 Å². The summed E-state index contributed by atoms with van der Waals surface area (Å²) < 4.78 is 28.0. The molecule has 1 amide bonds. The lowest BCUT2D eigenvalue weighted by atomic mass is 10.1. The fourth-order valence-corrected chi connectivity index (χ4v) is 5.20. The Morgan fingerprint density at radius 2 is 1.93 bits per heavy atom. The van der Waals surface area contributed by atoms with E-state index >= 15 is 0 Å². The summed E-state index contributed by atoms with van der Waals surface area (Å²) in [5.41, 5.74) is 2.05. The van der Waals surface area contributed by atoms with Gasteiger partial charge in [-0.15, -0.1) is 0 Å². The third-order valence-electron chi connectivity index (χ3n) is 5.52. The van der Waals surface area contributed by atoms with E-state index in [0.29, 0.717) is 6.54 Å². The van der Waals surface area contributed by atoms with Gasteiger partial charge in [0.1, 0.15) is 0 Å². The SMILES string of the molecule is CC(=O)N[C@H]1CCc2ccc(S(=O)(=O)NCCCN3CCCCCC3)cc21. The fraction of sp³-hybridized carbons (Fsp3) is 0.650. The Morgan fingerprint density at radius 3 is 2.63 bits per heavy atom. The summed E-state index contributed by atoms with van der Waals surface area (Å²) in [5, 5.41) is 2.91. The zero-order valence-electron chi connectivity index (χ0n) is 16.2. The van der Waals surface area contributed by atoms with E-state index in [1.165, 1.54) is 32.6 Å². The second kappa shape index (κ2) is 9.17. The average molecular weight is 394 g/mol. The van der Waals surface area contributed by atoms with Crippen molar-refractivity contribution in [3.63, 3.8) is 0 Å². The van der Waals surface area contributed by atoms with E-state index < -0.39 is 10.0 Å². The molecule has 150 valence electrons. The van der Waals surface area contributed by atoms with Crippen molar-refractivity contribution in [3.8, 4) is 0 Å². The number of benzene rings is 1. The van der Waals surface area contributed by atoms with Crippen LogP contribution in [0, 0.1) is 0 Å². The van der Waals surface area contributed by atoms with Crippen molar-refractivity contribution >= 4 is 15.9 Å². The lowest BCUT2D eigenvalue weighted by molar-refractivity contribution is -0.119. The van der Waals surface area contributed by atoms with Crippen LogP contribution in [-0.4, -0.2) is 45.4 Å². The van der Waals surface area contributed by atoms with Gasteiger partial charge in [0, 0.05) is 13.5 Å². The minimum absolute atomic E-state index is 0.0873. The average Bonchev–Trinajstić information content (AvgIpc) is 2.84. The maximum Gasteiger partial charge on any atom is 0.240 e. The molecule has 1 aliphatic carbocycles. The van der Waals surface area contributed by atoms with Gasteiger partial charge in [0.05, 0.1) is 10.9 Å². The van der Waals surface area contributed by atoms with Crippen molar-refractivity contribution < 1.29 is 13.2 Å². The minimum Gasteiger partial charge on any atom is -0.350 e. The van der Waals surface area contributed by atoms with Gasteiger partial charge in [-0.05, 0) is 75.0 Å². The number of amides is 1. The number of likely N-dealkylation sites (tertiary alicyclic amines) is 1. The number of carbonyl (C=O) groups is 1. The number of rotatable bonds is 7. The zero-order chi connectivity index (χ0) is 19.3. The molecule has 7 heteroatoms. The second-order valence-corrected chi connectivity index (χ2v) is 9.43. The van der Waals surface area contributed by atoms with E-state index in [0.717, 1.165) is 50.0 Å². The van der Waals surface area contributed by atoms with Gasteiger partial charge < -0.3 is 10.2 Å². The number of fused-ring (bicyclic) bond motifs is 1. The predicted octanol–water partition coefficient (Wildman–Crippen LogP) is 2.35. The van der Waals surface area contributed by atoms with Crippen molar-refractivity contribution in [2.24, 2.45) is 0 Å². The monoisotopic (exact) mass is 393 g/mol. The van der Waals surface area contributed by atoms with E-state index in [2.05, 4.69) is 14.9 Å². The van der Waals surface area contributed by atoms with Crippen LogP contribution in [0.3, 0.4) is 0 Å². The first-order valence-electron chi connectivity index (χ1n) is 10.1. The Bertz CT molecular complexity index is 756. The maximum absolute atomic E-state index is 12.7. The van der Waals surface area contributed by atoms with Crippen molar-refractivity contribution in [1.29, 1.82) is 0 Å². The van der Waals surface area contributed by atoms with Gasteiger partial charge in [0.25, 0.3) is 0 Å². The topological polar surface area (TPSA) is 78.5 Å². The third-order valence-corrected chi connectivity index (χ3v) is 6.98. The lowest BCUT2D eigenvalue weighted by Gasteiger charge is -2.19. The summed E-state index contributed by atoms with van der Waals surface area (Å²) in [5.74, 6) is -0.0900. The molecule has 1 aliphatic heterocycles. The summed E-state index contributed by atoms with van der Waals surface area (Å²) in [6.07, 6.45) is 7.61. The molecule has 1 heterocycles. The van der Waals surface area contributed by atoms with Gasteiger partial charge in [-0.1, -0.05) is 18.9 Å². The first-order valence-corrected chi connectivity index (χ1v) is 11.6. The van der Waals surface area contributed by atoms with Crippen LogP contribution in [0.15, 0.2) is 23.1 Å². The number of nitrogens with zero attached hydrogens (tertiary/aromatic N) is 1. The highest BCUT2D eigenvalue weighted by molar-refractivity contribution is 7.89. The summed E-state index contributed by atoms with van der Waals surface area (Å²) >= 11 is 0. The number of hydrogen-bond acceptors (Lipinski definition) is 4. The van der Waals surface area contributed by atoms with Crippen LogP contribution in [0.1, 0.15) is 62.6 Å². The van der Waals surface area contributed by atoms with Gasteiger partial charge >= 0.3 is 0 Å². The fourth-order valence-electron chi connectivity index (χ4n) is 4.10. The van der Waals surface area contributed by atoms with Crippen LogP contribution in [0.2, 0.25) is 0 Å². The predicted molar refractivity (Wildman–Crippen MR) is 106 cm³/mol. The van der Waals surface area contributed by atoms with Gasteiger partial charge in [-0.25, -0.2) is 13.1 Å². The Morgan fingerprint density at radius 1 is 1.19 bits per heavy atom. The maximum atomic E-state index is 12.7. The molecule has 1 atom stereocenters. The molecule has 1 aromatic carbocycles. The molecule has 1 fully saturated rings. The van der Waals surface area contributed by atoms with Crippen molar-refractivity contribution in [1.82, 2.24) is 14.9 Å². The van der Waals surface area contributed by atoms with E-state index in [4.69, 9.17) is 0 Å². The highest BCUT2D eigenvalue weighted by Crippen LogP contribution is 2.32. The highest BCUT2D eigenvalue weighted by Gasteiger charge is 2.25. The highest BCUT2D eigenvalue weighted by atomic mass is 32.2. The van der Waals surface area contributed by atoms with Crippen LogP contribution < -0.4 is 10.0 Å². The van der Waals surface area contributed by atoms with Crippen LogP contribution in [0.4, 0.5) is 0 Å².